The quantitative estimate of drug-likeness (QED) is 0.811. The Kier molecular flexibility index (Phi) is 3.77. The summed E-state index contributed by atoms with van der Waals surface area (Å²) in [5, 5.41) is 0. The molecule has 1 saturated heterocycles. The normalized spacial score (nSPS) is 19.3. The summed E-state index contributed by atoms with van der Waals surface area (Å²) in [5.74, 6) is -0.575. The SMILES string of the molecule is NC(=O)C1CCCN1C(=O)C=Cc1ccccc1. The van der Waals surface area contributed by atoms with Crippen LogP contribution in [-0.2, 0) is 9.59 Å². The molecule has 0 aliphatic carbocycles. The minimum absolute atomic E-state index is 0.153. The summed E-state index contributed by atoms with van der Waals surface area (Å²) in [6, 6.07) is 9.12. The molecule has 1 aliphatic heterocycles. The average molecular weight is 244 g/mol. The van der Waals surface area contributed by atoms with Crippen molar-refractivity contribution in [3.05, 3.63) is 42.0 Å². The third-order valence-corrected chi connectivity index (χ3v) is 3.08. The summed E-state index contributed by atoms with van der Waals surface area (Å²) in [6.45, 7) is 0.603. The van der Waals surface area contributed by atoms with E-state index >= 15 is 0 Å². The third-order valence-electron chi connectivity index (χ3n) is 3.08. The highest BCUT2D eigenvalue weighted by Gasteiger charge is 2.31. The first-order valence-corrected chi connectivity index (χ1v) is 6.01. The third kappa shape index (κ3) is 2.77. The molecule has 0 aromatic heterocycles. The van der Waals surface area contributed by atoms with Gasteiger partial charge < -0.3 is 10.6 Å². The van der Waals surface area contributed by atoms with Crippen LogP contribution in [0.15, 0.2) is 36.4 Å². The molecule has 0 saturated carbocycles. The second-order valence-electron chi connectivity index (χ2n) is 4.34. The van der Waals surface area contributed by atoms with E-state index in [1.807, 2.05) is 30.3 Å². The fourth-order valence-corrected chi connectivity index (χ4v) is 2.15. The summed E-state index contributed by atoms with van der Waals surface area (Å²) in [5.41, 5.74) is 6.24. The second-order valence-corrected chi connectivity index (χ2v) is 4.34. The highest BCUT2D eigenvalue weighted by atomic mass is 16.2. The first-order chi connectivity index (χ1) is 8.68. The van der Waals surface area contributed by atoms with E-state index < -0.39 is 11.9 Å². The monoisotopic (exact) mass is 244 g/mol. The number of nitrogens with two attached hydrogens (primary N) is 1. The van der Waals surface area contributed by atoms with Gasteiger partial charge in [0.2, 0.25) is 11.8 Å². The lowest BCUT2D eigenvalue weighted by atomic mass is 10.2. The summed E-state index contributed by atoms with van der Waals surface area (Å²) >= 11 is 0. The number of carbonyl (C=O) groups is 2. The van der Waals surface area contributed by atoms with Gasteiger partial charge >= 0.3 is 0 Å². The van der Waals surface area contributed by atoms with Gasteiger partial charge in [0.15, 0.2) is 0 Å². The van der Waals surface area contributed by atoms with Crippen molar-refractivity contribution >= 4 is 17.9 Å². The zero-order valence-electron chi connectivity index (χ0n) is 10.1. The molecule has 1 fully saturated rings. The van der Waals surface area contributed by atoms with Gasteiger partial charge in [-0.05, 0) is 24.5 Å². The number of benzene rings is 1. The smallest absolute Gasteiger partial charge is 0.247 e. The first kappa shape index (κ1) is 12.4. The van der Waals surface area contributed by atoms with E-state index in [0.29, 0.717) is 13.0 Å². The molecule has 1 atom stereocenters. The Morgan fingerprint density at radius 2 is 2.00 bits per heavy atom. The summed E-state index contributed by atoms with van der Waals surface area (Å²) in [7, 11) is 0. The van der Waals surface area contributed by atoms with Crippen LogP contribution in [0.4, 0.5) is 0 Å². The van der Waals surface area contributed by atoms with Crippen molar-refractivity contribution < 1.29 is 9.59 Å². The molecule has 18 heavy (non-hydrogen) atoms. The Balaban J connectivity index is 2.04. The van der Waals surface area contributed by atoms with Crippen molar-refractivity contribution in [3.8, 4) is 0 Å². The van der Waals surface area contributed by atoms with Crippen molar-refractivity contribution in [1.29, 1.82) is 0 Å². The van der Waals surface area contributed by atoms with Crippen LogP contribution in [-0.4, -0.2) is 29.3 Å². The number of carbonyl (C=O) groups excluding carboxylic acids is 2. The van der Waals surface area contributed by atoms with Gasteiger partial charge in [0.05, 0.1) is 0 Å². The van der Waals surface area contributed by atoms with Gasteiger partial charge in [-0.15, -0.1) is 0 Å². The van der Waals surface area contributed by atoms with Crippen LogP contribution in [0.5, 0.6) is 0 Å². The van der Waals surface area contributed by atoms with E-state index in [4.69, 9.17) is 5.73 Å². The average Bonchev–Trinajstić information content (AvgIpc) is 2.86. The predicted molar refractivity (Wildman–Crippen MR) is 69.4 cm³/mol. The van der Waals surface area contributed by atoms with Crippen molar-refractivity contribution in [3.63, 3.8) is 0 Å². The lowest BCUT2D eigenvalue weighted by Gasteiger charge is -2.20. The standard InChI is InChI=1S/C14H16N2O2/c15-14(18)12-7-4-10-16(12)13(17)9-8-11-5-2-1-3-6-11/h1-3,5-6,8-9,12H,4,7,10H2,(H2,15,18). The van der Waals surface area contributed by atoms with Gasteiger partial charge in [0.1, 0.15) is 6.04 Å². The minimum Gasteiger partial charge on any atom is -0.368 e. The molecule has 1 heterocycles. The van der Waals surface area contributed by atoms with E-state index in [1.54, 1.807) is 11.0 Å². The van der Waals surface area contributed by atoms with Gasteiger partial charge in [0.25, 0.3) is 0 Å². The molecule has 1 unspecified atom stereocenters. The Hall–Kier alpha value is -2.10. The summed E-state index contributed by atoms with van der Waals surface area (Å²) in [4.78, 5) is 24.7. The van der Waals surface area contributed by atoms with Crippen LogP contribution >= 0.6 is 0 Å². The molecular weight excluding hydrogens is 228 g/mol. The van der Waals surface area contributed by atoms with E-state index in [-0.39, 0.29) is 5.91 Å². The largest absolute Gasteiger partial charge is 0.368 e. The molecule has 0 spiro atoms. The highest BCUT2D eigenvalue weighted by Crippen LogP contribution is 2.17. The van der Waals surface area contributed by atoms with Crippen molar-refractivity contribution in [2.75, 3.05) is 6.54 Å². The molecule has 0 bridgehead atoms. The fraction of sp³-hybridized carbons (Fsp3) is 0.286. The van der Waals surface area contributed by atoms with E-state index in [9.17, 15) is 9.59 Å². The van der Waals surface area contributed by atoms with Crippen LogP contribution in [0.3, 0.4) is 0 Å². The van der Waals surface area contributed by atoms with Gasteiger partial charge in [0, 0.05) is 12.6 Å². The zero-order valence-corrected chi connectivity index (χ0v) is 10.1. The molecule has 2 amide bonds. The molecule has 4 nitrogen and oxygen atoms in total. The molecule has 4 heteroatoms. The molecule has 1 aromatic rings. The topological polar surface area (TPSA) is 63.4 Å². The minimum atomic E-state index is -0.446. The van der Waals surface area contributed by atoms with E-state index in [0.717, 1.165) is 12.0 Å². The second kappa shape index (κ2) is 5.49. The van der Waals surface area contributed by atoms with Gasteiger partial charge in [-0.25, -0.2) is 0 Å². The van der Waals surface area contributed by atoms with Crippen LogP contribution < -0.4 is 5.73 Å². The Bertz CT molecular complexity index is 468. The lowest BCUT2D eigenvalue weighted by molar-refractivity contribution is -0.133. The fourth-order valence-electron chi connectivity index (χ4n) is 2.15. The number of primary amides is 1. The number of rotatable bonds is 3. The molecule has 1 aliphatic rings. The maximum atomic E-state index is 12.0. The summed E-state index contributed by atoms with van der Waals surface area (Å²) < 4.78 is 0. The highest BCUT2D eigenvalue weighted by molar-refractivity contribution is 5.95. The molecule has 0 radical (unpaired) electrons. The van der Waals surface area contributed by atoms with Crippen LogP contribution in [0, 0.1) is 0 Å². The van der Waals surface area contributed by atoms with Crippen LogP contribution in [0.25, 0.3) is 6.08 Å². The molecule has 1 aromatic carbocycles. The maximum Gasteiger partial charge on any atom is 0.247 e. The molecule has 2 rings (SSSR count). The molecular formula is C14H16N2O2. The van der Waals surface area contributed by atoms with Gasteiger partial charge in [-0.3, -0.25) is 9.59 Å². The van der Waals surface area contributed by atoms with Crippen LogP contribution in [0.2, 0.25) is 0 Å². The van der Waals surface area contributed by atoms with Gasteiger partial charge in [-0.2, -0.15) is 0 Å². The van der Waals surface area contributed by atoms with Crippen molar-refractivity contribution in [2.45, 2.75) is 18.9 Å². The maximum absolute atomic E-state index is 12.0. The van der Waals surface area contributed by atoms with Crippen molar-refractivity contribution in [1.82, 2.24) is 4.90 Å². The summed E-state index contributed by atoms with van der Waals surface area (Å²) in [6.07, 6.45) is 4.74. The number of hydrogen-bond donors (Lipinski definition) is 1. The Morgan fingerprint density at radius 1 is 1.28 bits per heavy atom. The molecule has 94 valence electrons. The number of amides is 2. The van der Waals surface area contributed by atoms with E-state index in [2.05, 4.69) is 0 Å². The molecule has 2 N–H and O–H groups in total. The Morgan fingerprint density at radius 3 is 2.67 bits per heavy atom. The number of likely N-dealkylation sites (tertiary alicyclic amines) is 1. The van der Waals surface area contributed by atoms with E-state index in [1.165, 1.54) is 6.08 Å². The Labute approximate surface area is 106 Å². The van der Waals surface area contributed by atoms with Gasteiger partial charge in [-0.1, -0.05) is 30.3 Å². The lowest BCUT2D eigenvalue weighted by Crippen LogP contribution is -2.42. The van der Waals surface area contributed by atoms with Crippen molar-refractivity contribution in [2.24, 2.45) is 5.73 Å². The number of hydrogen-bond acceptors (Lipinski definition) is 2. The predicted octanol–water partition coefficient (Wildman–Crippen LogP) is 1.18. The number of nitrogens with zero attached hydrogens (tertiary/aromatic N) is 1. The zero-order chi connectivity index (χ0) is 13.0. The first-order valence-electron chi connectivity index (χ1n) is 6.01. The van der Waals surface area contributed by atoms with Crippen LogP contribution in [0.1, 0.15) is 18.4 Å².